The Morgan fingerprint density at radius 1 is 1.44 bits per heavy atom. The van der Waals surface area contributed by atoms with E-state index in [1.807, 2.05) is 20.8 Å². The lowest BCUT2D eigenvalue weighted by Crippen LogP contribution is -2.30. The van der Waals surface area contributed by atoms with Crippen molar-refractivity contribution >= 4 is 5.97 Å². The fourth-order valence-corrected chi connectivity index (χ4v) is 1.80. The Morgan fingerprint density at radius 2 is 2.06 bits per heavy atom. The van der Waals surface area contributed by atoms with Crippen LogP contribution in [0.4, 0.5) is 4.39 Å². The van der Waals surface area contributed by atoms with E-state index in [2.05, 4.69) is 0 Å². The number of halogens is 1. The Kier molecular flexibility index (Phi) is 4.33. The van der Waals surface area contributed by atoms with Crippen LogP contribution in [-0.2, 0) is 11.2 Å². The summed E-state index contributed by atoms with van der Waals surface area (Å²) >= 11 is 0. The average Bonchev–Trinajstić information content (AvgIpc) is 2.24. The second kappa shape index (κ2) is 5.38. The zero-order chi connectivity index (χ0) is 13.9. The molecule has 3 nitrogen and oxygen atoms in total. The molecule has 0 spiro atoms. The van der Waals surface area contributed by atoms with Gasteiger partial charge in [-0.3, -0.25) is 4.79 Å². The van der Waals surface area contributed by atoms with Crippen molar-refractivity contribution in [2.45, 2.75) is 27.2 Å². The smallest absolute Gasteiger partial charge is 0.307 e. The number of aliphatic carboxylic acids is 1. The molecular weight excluding hydrogens is 235 g/mol. The highest BCUT2D eigenvalue weighted by atomic mass is 19.1. The summed E-state index contributed by atoms with van der Waals surface area (Å²) < 4.78 is 18.7. The van der Waals surface area contributed by atoms with Crippen molar-refractivity contribution in [3.63, 3.8) is 0 Å². The van der Waals surface area contributed by atoms with Gasteiger partial charge in [0.2, 0.25) is 0 Å². The molecule has 18 heavy (non-hydrogen) atoms. The van der Waals surface area contributed by atoms with Gasteiger partial charge in [0.15, 0.2) is 0 Å². The first-order chi connectivity index (χ1) is 8.25. The zero-order valence-corrected chi connectivity index (χ0v) is 11.2. The van der Waals surface area contributed by atoms with E-state index in [0.29, 0.717) is 11.3 Å². The Bertz CT molecular complexity index is 435. The summed E-state index contributed by atoms with van der Waals surface area (Å²) in [5, 5.41) is 9.21. The first kappa shape index (κ1) is 14.5. The van der Waals surface area contributed by atoms with Crippen LogP contribution in [0.3, 0.4) is 0 Å². The highest BCUT2D eigenvalue weighted by Crippen LogP contribution is 2.30. The molecule has 1 aromatic rings. The van der Waals surface area contributed by atoms with Gasteiger partial charge in [-0.05, 0) is 23.5 Å². The summed E-state index contributed by atoms with van der Waals surface area (Å²) in [5.74, 6) is -1.53. The van der Waals surface area contributed by atoms with E-state index in [0.717, 1.165) is 0 Å². The number of hydrogen-bond donors (Lipinski definition) is 1. The molecule has 4 heteroatoms. The molecule has 0 radical (unpaired) electrons. The fourth-order valence-electron chi connectivity index (χ4n) is 1.80. The first-order valence-corrected chi connectivity index (χ1v) is 5.81. The van der Waals surface area contributed by atoms with Crippen molar-refractivity contribution in [1.82, 2.24) is 0 Å². The molecule has 0 saturated carbocycles. The van der Waals surface area contributed by atoms with Gasteiger partial charge in [-0.15, -0.1) is 0 Å². The average molecular weight is 254 g/mol. The van der Waals surface area contributed by atoms with Crippen LogP contribution in [0.25, 0.3) is 0 Å². The molecule has 0 aliphatic carbocycles. The lowest BCUT2D eigenvalue weighted by Gasteiger charge is -2.27. The summed E-state index contributed by atoms with van der Waals surface area (Å²) in [6.45, 7) is 5.52. The Balaban J connectivity index is 2.98. The fraction of sp³-hybridized carbons (Fsp3) is 0.500. The van der Waals surface area contributed by atoms with E-state index in [1.165, 1.54) is 13.2 Å². The molecule has 1 unspecified atom stereocenters. The summed E-state index contributed by atoms with van der Waals surface area (Å²) in [6.07, 6.45) is 0.175. The maximum atomic E-state index is 13.8. The van der Waals surface area contributed by atoms with Crippen LogP contribution in [0.15, 0.2) is 18.2 Å². The van der Waals surface area contributed by atoms with Gasteiger partial charge in [-0.2, -0.15) is 0 Å². The van der Waals surface area contributed by atoms with E-state index >= 15 is 0 Å². The van der Waals surface area contributed by atoms with Gasteiger partial charge in [-0.25, -0.2) is 4.39 Å². The number of methoxy groups -OCH3 is 1. The van der Waals surface area contributed by atoms with E-state index in [1.54, 1.807) is 12.1 Å². The third-order valence-corrected chi connectivity index (χ3v) is 3.03. The van der Waals surface area contributed by atoms with Gasteiger partial charge in [-0.1, -0.05) is 26.8 Å². The van der Waals surface area contributed by atoms with E-state index in [4.69, 9.17) is 4.74 Å². The third-order valence-electron chi connectivity index (χ3n) is 3.03. The second-order valence-corrected chi connectivity index (χ2v) is 5.42. The number of carboxylic acid groups (broad SMARTS) is 1. The molecular formula is C14H19FO3. The predicted octanol–water partition coefficient (Wildman–Crippen LogP) is 3.12. The molecule has 1 atom stereocenters. The van der Waals surface area contributed by atoms with Gasteiger partial charge in [0, 0.05) is 6.07 Å². The van der Waals surface area contributed by atoms with Gasteiger partial charge in [0.05, 0.1) is 13.0 Å². The van der Waals surface area contributed by atoms with Gasteiger partial charge >= 0.3 is 5.97 Å². The molecule has 0 bridgehead atoms. The summed E-state index contributed by atoms with van der Waals surface area (Å²) in [5.41, 5.74) is -0.0174. The van der Waals surface area contributed by atoms with Gasteiger partial charge in [0.25, 0.3) is 0 Å². The lowest BCUT2D eigenvalue weighted by atomic mass is 9.77. The van der Waals surface area contributed by atoms with Crippen molar-refractivity contribution in [2.75, 3.05) is 7.11 Å². The van der Waals surface area contributed by atoms with Crippen molar-refractivity contribution in [3.8, 4) is 5.75 Å². The van der Waals surface area contributed by atoms with Crippen LogP contribution >= 0.6 is 0 Å². The minimum Gasteiger partial charge on any atom is -0.497 e. The standard InChI is InChI=1S/C14H19FO3/c1-14(2,3)11(13(16)17)7-9-5-6-10(18-4)8-12(9)15/h5-6,8,11H,7H2,1-4H3,(H,16,17). The molecule has 0 fully saturated rings. The minimum atomic E-state index is -0.905. The quantitative estimate of drug-likeness (QED) is 0.898. The van der Waals surface area contributed by atoms with Crippen LogP contribution in [0.2, 0.25) is 0 Å². The molecule has 1 N–H and O–H groups in total. The van der Waals surface area contributed by atoms with Gasteiger partial charge < -0.3 is 9.84 Å². The van der Waals surface area contributed by atoms with Crippen molar-refractivity contribution < 1.29 is 19.0 Å². The van der Waals surface area contributed by atoms with Crippen LogP contribution in [0.5, 0.6) is 5.75 Å². The molecule has 0 saturated heterocycles. The Morgan fingerprint density at radius 3 is 2.44 bits per heavy atom. The maximum absolute atomic E-state index is 13.8. The topological polar surface area (TPSA) is 46.5 Å². The largest absolute Gasteiger partial charge is 0.497 e. The molecule has 0 amide bonds. The normalized spacial score (nSPS) is 13.2. The van der Waals surface area contributed by atoms with Gasteiger partial charge in [0.1, 0.15) is 11.6 Å². The maximum Gasteiger partial charge on any atom is 0.307 e. The zero-order valence-electron chi connectivity index (χ0n) is 11.2. The van der Waals surface area contributed by atoms with Crippen molar-refractivity contribution in [2.24, 2.45) is 11.3 Å². The van der Waals surface area contributed by atoms with Crippen molar-refractivity contribution in [1.29, 1.82) is 0 Å². The Labute approximate surface area is 107 Å². The molecule has 1 aromatic carbocycles. The van der Waals surface area contributed by atoms with Crippen LogP contribution < -0.4 is 4.74 Å². The molecule has 0 aliphatic heterocycles. The first-order valence-electron chi connectivity index (χ1n) is 5.81. The number of benzene rings is 1. The summed E-state index contributed by atoms with van der Waals surface area (Å²) in [4.78, 5) is 11.2. The highest BCUT2D eigenvalue weighted by Gasteiger charge is 2.31. The van der Waals surface area contributed by atoms with E-state index < -0.39 is 23.1 Å². The highest BCUT2D eigenvalue weighted by molar-refractivity contribution is 5.71. The van der Waals surface area contributed by atoms with Crippen LogP contribution in [0, 0.1) is 17.2 Å². The number of ether oxygens (including phenoxy) is 1. The van der Waals surface area contributed by atoms with E-state index in [-0.39, 0.29) is 6.42 Å². The molecule has 0 aromatic heterocycles. The summed E-state index contributed by atoms with van der Waals surface area (Å²) in [6, 6.07) is 4.49. The van der Waals surface area contributed by atoms with E-state index in [9.17, 15) is 14.3 Å². The second-order valence-electron chi connectivity index (χ2n) is 5.42. The third kappa shape index (κ3) is 3.45. The monoisotopic (exact) mass is 254 g/mol. The number of carboxylic acids is 1. The van der Waals surface area contributed by atoms with Crippen LogP contribution in [0.1, 0.15) is 26.3 Å². The van der Waals surface area contributed by atoms with Crippen molar-refractivity contribution in [3.05, 3.63) is 29.6 Å². The lowest BCUT2D eigenvalue weighted by molar-refractivity contribution is -0.145. The Hall–Kier alpha value is -1.58. The minimum absolute atomic E-state index is 0.175. The summed E-state index contributed by atoms with van der Waals surface area (Å²) in [7, 11) is 1.46. The predicted molar refractivity (Wildman–Crippen MR) is 67.2 cm³/mol. The number of carbonyl (C=O) groups is 1. The number of rotatable bonds is 4. The van der Waals surface area contributed by atoms with Crippen LogP contribution in [-0.4, -0.2) is 18.2 Å². The SMILES string of the molecule is COc1ccc(CC(C(=O)O)C(C)(C)C)c(F)c1. The molecule has 1 rings (SSSR count). The molecule has 0 heterocycles. The molecule has 0 aliphatic rings. The number of hydrogen-bond acceptors (Lipinski definition) is 2. The molecule has 100 valence electrons.